The zero-order chi connectivity index (χ0) is 13.8. The summed E-state index contributed by atoms with van der Waals surface area (Å²) in [5.41, 5.74) is 0.572. The smallest absolute Gasteiger partial charge is 0.241 e. The number of carbonyl (C=O) groups is 1. The lowest BCUT2D eigenvalue weighted by atomic mass is 10.2. The highest BCUT2D eigenvalue weighted by molar-refractivity contribution is 6.31. The van der Waals surface area contributed by atoms with Gasteiger partial charge < -0.3 is 20.1 Å². The zero-order valence-corrected chi connectivity index (χ0v) is 11.7. The maximum Gasteiger partial charge on any atom is 0.241 e. The summed E-state index contributed by atoms with van der Waals surface area (Å²) in [6.45, 7) is 0.682. The van der Waals surface area contributed by atoms with Gasteiger partial charge in [0.1, 0.15) is 5.75 Å². The summed E-state index contributed by atoms with van der Waals surface area (Å²) in [6, 6.07) is 4.85. The molecule has 19 heavy (non-hydrogen) atoms. The van der Waals surface area contributed by atoms with E-state index in [2.05, 4.69) is 10.6 Å². The monoisotopic (exact) mass is 284 g/mol. The quantitative estimate of drug-likeness (QED) is 0.883. The van der Waals surface area contributed by atoms with Crippen molar-refractivity contribution < 1.29 is 14.3 Å². The van der Waals surface area contributed by atoms with Crippen molar-refractivity contribution in [1.29, 1.82) is 0 Å². The molecule has 104 valence electrons. The number of hydrogen-bond acceptors (Lipinski definition) is 4. The van der Waals surface area contributed by atoms with E-state index in [4.69, 9.17) is 21.1 Å². The third kappa shape index (κ3) is 3.37. The second-order valence-electron chi connectivity index (χ2n) is 4.39. The van der Waals surface area contributed by atoms with E-state index in [-0.39, 0.29) is 18.1 Å². The number of nitrogens with one attached hydrogen (secondary N) is 2. The number of amides is 1. The van der Waals surface area contributed by atoms with Gasteiger partial charge in [-0.05, 0) is 24.6 Å². The van der Waals surface area contributed by atoms with E-state index in [1.807, 2.05) is 0 Å². The van der Waals surface area contributed by atoms with Crippen LogP contribution in [0, 0.1) is 0 Å². The molecule has 0 aromatic heterocycles. The topological polar surface area (TPSA) is 59.6 Å². The molecule has 0 spiro atoms. The molecule has 2 atom stereocenters. The molecule has 2 unspecified atom stereocenters. The average Bonchev–Trinajstić information content (AvgIpc) is 2.88. The van der Waals surface area contributed by atoms with Crippen LogP contribution in [-0.4, -0.2) is 38.8 Å². The molecular weight excluding hydrogens is 268 g/mol. The van der Waals surface area contributed by atoms with Crippen molar-refractivity contribution in [2.75, 3.05) is 26.1 Å². The molecule has 2 N–H and O–H groups in total. The summed E-state index contributed by atoms with van der Waals surface area (Å²) in [6.07, 6.45) is 0.739. The highest BCUT2D eigenvalue weighted by Crippen LogP contribution is 2.28. The molecule has 6 heteroatoms. The number of ether oxygens (including phenoxy) is 2. The number of hydrogen-bond donors (Lipinski definition) is 2. The molecule has 0 radical (unpaired) electrons. The fourth-order valence-electron chi connectivity index (χ4n) is 2.08. The Hall–Kier alpha value is -1.30. The van der Waals surface area contributed by atoms with E-state index in [0.29, 0.717) is 29.4 Å². The maximum atomic E-state index is 12.1. The lowest BCUT2D eigenvalue weighted by Crippen LogP contribution is -2.35. The first-order valence-corrected chi connectivity index (χ1v) is 6.42. The minimum Gasteiger partial charge on any atom is -0.495 e. The maximum absolute atomic E-state index is 12.1. The van der Waals surface area contributed by atoms with Gasteiger partial charge in [-0.2, -0.15) is 0 Å². The van der Waals surface area contributed by atoms with E-state index in [0.717, 1.165) is 0 Å². The number of anilines is 1. The van der Waals surface area contributed by atoms with Gasteiger partial charge in [0.25, 0.3) is 0 Å². The number of benzene rings is 1. The summed E-state index contributed by atoms with van der Waals surface area (Å²) in [4.78, 5) is 12.1. The highest BCUT2D eigenvalue weighted by Gasteiger charge is 2.29. The van der Waals surface area contributed by atoms with Crippen molar-refractivity contribution in [1.82, 2.24) is 5.32 Å². The van der Waals surface area contributed by atoms with Gasteiger partial charge in [0.2, 0.25) is 5.91 Å². The summed E-state index contributed by atoms with van der Waals surface area (Å²) >= 11 is 5.92. The first-order valence-electron chi connectivity index (χ1n) is 6.04. The van der Waals surface area contributed by atoms with Gasteiger partial charge >= 0.3 is 0 Å². The van der Waals surface area contributed by atoms with Crippen LogP contribution in [0.2, 0.25) is 5.02 Å². The molecule has 1 aromatic rings. The van der Waals surface area contributed by atoms with Gasteiger partial charge in [0, 0.05) is 18.7 Å². The Kier molecular flexibility index (Phi) is 4.63. The second-order valence-corrected chi connectivity index (χ2v) is 4.82. The number of methoxy groups -OCH3 is 2. The van der Waals surface area contributed by atoms with Crippen LogP contribution in [0.4, 0.5) is 5.69 Å². The highest BCUT2D eigenvalue weighted by atomic mass is 35.5. The van der Waals surface area contributed by atoms with Gasteiger partial charge in [-0.25, -0.2) is 0 Å². The molecule has 1 aliphatic heterocycles. The molecule has 1 saturated heterocycles. The van der Waals surface area contributed by atoms with Crippen LogP contribution in [0.1, 0.15) is 6.42 Å². The Bertz CT molecular complexity index is 467. The van der Waals surface area contributed by atoms with Crippen molar-refractivity contribution in [3.8, 4) is 5.75 Å². The molecular formula is C13H17ClN2O3. The van der Waals surface area contributed by atoms with Crippen LogP contribution in [0.5, 0.6) is 5.75 Å². The Morgan fingerprint density at radius 2 is 2.26 bits per heavy atom. The number of carbonyl (C=O) groups excluding carboxylic acids is 1. The predicted octanol–water partition coefficient (Wildman–Crippen LogP) is 1.66. The van der Waals surface area contributed by atoms with E-state index in [9.17, 15) is 4.79 Å². The van der Waals surface area contributed by atoms with Crippen molar-refractivity contribution in [3.63, 3.8) is 0 Å². The van der Waals surface area contributed by atoms with Gasteiger partial charge in [-0.3, -0.25) is 4.79 Å². The first-order chi connectivity index (χ1) is 9.13. The van der Waals surface area contributed by atoms with E-state index in [1.165, 1.54) is 0 Å². The van der Waals surface area contributed by atoms with Crippen LogP contribution in [0.25, 0.3) is 0 Å². The van der Waals surface area contributed by atoms with E-state index in [1.54, 1.807) is 32.4 Å². The van der Waals surface area contributed by atoms with Gasteiger partial charge in [0.05, 0.1) is 24.9 Å². The fraction of sp³-hybridized carbons (Fsp3) is 0.462. The van der Waals surface area contributed by atoms with Gasteiger partial charge in [-0.1, -0.05) is 11.6 Å². The van der Waals surface area contributed by atoms with Crippen LogP contribution in [0.15, 0.2) is 18.2 Å². The van der Waals surface area contributed by atoms with Crippen LogP contribution >= 0.6 is 11.6 Å². The van der Waals surface area contributed by atoms with Gasteiger partial charge in [-0.15, -0.1) is 0 Å². The lowest BCUT2D eigenvalue weighted by molar-refractivity contribution is -0.118. The predicted molar refractivity (Wildman–Crippen MR) is 73.8 cm³/mol. The number of rotatable bonds is 4. The SMILES string of the molecule is COc1ccc(Cl)cc1NC(=O)C1CC(OC)CN1. The molecule has 1 amide bonds. The summed E-state index contributed by atoms with van der Waals surface area (Å²) in [7, 11) is 3.19. The zero-order valence-electron chi connectivity index (χ0n) is 10.9. The largest absolute Gasteiger partial charge is 0.495 e. The average molecular weight is 285 g/mol. The van der Waals surface area contributed by atoms with Gasteiger partial charge in [0.15, 0.2) is 0 Å². The minimum atomic E-state index is -0.256. The summed E-state index contributed by atoms with van der Waals surface area (Å²) in [5, 5.41) is 6.49. The Morgan fingerprint density at radius 3 is 2.89 bits per heavy atom. The molecule has 1 fully saturated rings. The van der Waals surface area contributed by atoms with E-state index < -0.39 is 0 Å². The molecule has 0 saturated carbocycles. The molecule has 1 aliphatic rings. The Balaban J connectivity index is 2.05. The van der Waals surface area contributed by atoms with Crippen molar-refractivity contribution in [3.05, 3.63) is 23.2 Å². The van der Waals surface area contributed by atoms with Crippen molar-refractivity contribution >= 4 is 23.2 Å². The summed E-state index contributed by atoms with van der Waals surface area (Å²) in [5.74, 6) is 0.471. The standard InChI is InChI=1S/C13H17ClN2O3/c1-18-9-6-11(15-7-9)13(17)16-10-5-8(14)3-4-12(10)19-2/h3-5,9,11,15H,6-7H2,1-2H3,(H,16,17). The molecule has 0 aliphatic carbocycles. The molecule has 1 aromatic carbocycles. The second kappa shape index (κ2) is 6.23. The lowest BCUT2D eigenvalue weighted by Gasteiger charge is -2.14. The van der Waals surface area contributed by atoms with Crippen LogP contribution in [-0.2, 0) is 9.53 Å². The molecule has 2 rings (SSSR count). The van der Waals surface area contributed by atoms with Crippen molar-refractivity contribution in [2.24, 2.45) is 0 Å². The molecule has 1 heterocycles. The Morgan fingerprint density at radius 1 is 1.47 bits per heavy atom. The molecule has 5 nitrogen and oxygen atoms in total. The molecule has 0 bridgehead atoms. The Labute approximate surface area is 117 Å². The normalized spacial score (nSPS) is 22.3. The number of halogens is 1. The minimum absolute atomic E-state index is 0.0806. The van der Waals surface area contributed by atoms with E-state index >= 15 is 0 Å². The summed E-state index contributed by atoms with van der Waals surface area (Å²) < 4.78 is 10.4. The first kappa shape index (κ1) is 14.1. The fourth-order valence-corrected chi connectivity index (χ4v) is 2.25. The van der Waals surface area contributed by atoms with Crippen LogP contribution < -0.4 is 15.4 Å². The van der Waals surface area contributed by atoms with Crippen LogP contribution in [0.3, 0.4) is 0 Å². The third-order valence-electron chi connectivity index (χ3n) is 3.16. The van der Waals surface area contributed by atoms with Crippen molar-refractivity contribution in [2.45, 2.75) is 18.6 Å². The third-order valence-corrected chi connectivity index (χ3v) is 3.39.